The van der Waals surface area contributed by atoms with Gasteiger partial charge >= 0.3 is 0 Å². The predicted octanol–water partition coefficient (Wildman–Crippen LogP) is 2.94. The van der Waals surface area contributed by atoms with Gasteiger partial charge in [-0.25, -0.2) is 4.39 Å². The Morgan fingerprint density at radius 3 is 2.70 bits per heavy atom. The van der Waals surface area contributed by atoms with Crippen LogP contribution in [0.4, 0.5) is 10.1 Å². The van der Waals surface area contributed by atoms with Crippen molar-refractivity contribution in [1.29, 1.82) is 0 Å². The second-order valence-corrected chi connectivity index (χ2v) is 5.76. The van der Waals surface area contributed by atoms with E-state index in [1.54, 1.807) is 12.1 Å². The van der Waals surface area contributed by atoms with Crippen LogP contribution in [0, 0.1) is 11.7 Å². The maximum atomic E-state index is 14.3. The molecule has 4 nitrogen and oxygen atoms in total. The van der Waals surface area contributed by atoms with Crippen LogP contribution in [0.1, 0.15) is 38.7 Å². The molecule has 20 heavy (non-hydrogen) atoms. The Kier molecular flexibility index (Phi) is 4.47. The van der Waals surface area contributed by atoms with E-state index in [9.17, 15) is 4.39 Å². The first kappa shape index (κ1) is 14.6. The van der Waals surface area contributed by atoms with Crippen molar-refractivity contribution in [3.8, 4) is 0 Å². The van der Waals surface area contributed by atoms with Gasteiger partial charge in [-0.3, -0.25) is 0 Å². The van der Waals surface area contributed by atoms with Gasteiger partial charge in [0.2, 0.25) is 0 Å². The van der Waals surface area contributed by atoms with E-state index in [2.05, 4.69) is 23.9 Å². The van der Waals surface area contributed by atoms with Crippen LogP contribution in [-0.4, -0.2) is 23.6 Å². The fourth-order valence-corrected chi connectivity index (χ4v) is 2.24. The minimum Gasteiger partial charge on any atom is -0.409 e. The third-order valence-corrected chi connectivity index (χ3v) is 3.60. The first-order chi connectivity index (χ1) is 9.52. The Morgan fingerprint density at radius 1 is 1.50 bits per heavy atom. The highest BCUT2D eigenvalue weighted by atomic mass is 19.1. The Balaban J connectivity index is 2.20. The van der Waals surface area contributed by atoms with Gasteiger partial charge in [-0.05, 0) is 43.4 Å². The van der Waals surface area contributed by atoms with E-state index in [1.165, 1.54) is 6.07 Å². The van der Waals surface area contributed by atoms with Gasteiger partial charge in [-0.15, -0.1) is 0 Å². The zero-order valence-corrected chi connectivity index (χ0v) is 12.0. The summed E-state index contributed by atoms with van der Waals surface area (Å²) in [5.41, 5.74) is 6.49. The lowest BCUT2D eigenvalue weighted by atomic mass is 10.1. The molecule has 0 heterocycles. The number of amidine groups is 1. The number of hydrogen-bond acceptors (Lipinski definition) is 3. The van der Waals surface area contributed by atoms with E-state index in [0.29, 0.717) is 23.2 Å². The van der Waals surface area contributed by atoms with E-state index in [-0.39, 0.29) is 11.7 Å². The van der Waals surface area contributed by atoms with E-state index < -0.39 is 0 Å². The lowest BCUT2D eigenvalue weighted by Gasteiger charge is -2.26. The maximum Gasteiger partial charge on any atom is 0.170 e. The minimum absolute atomic E-state index is 0.0735. The molecule has 1 saturated carbocycles. The van der Waals surface area contributed by atoms with Crippen molar-refractivity contribution >= 4 is 11.5 Å². The smallest absolute Gasteiger partial charge is 0.170 e. The molecular formula is C15H22FN3O. The first-order valence-electron chi connectivity index (χ1n) is 7.07. The number of halogens is 1. The molecule has 0 radical (unpaired) electrons. The largest absolute Gasteiger partial charge is 0.409 e. The summed E-state index contributed by atoms with van der Waals surface area (Å²) in [6, 6.07) is 5.20. The average molecular weight is 279 g/mol. The van der Waals surface area contributed by atoms with Crippen LogP contribution in [0.15, 0.2) is 23.4 Å². The molecule has 0 amide bonds. The van der Waals surface area contributed by atoms with Crippen molar-refractivity contribution in [2.45, 2.75) is 39.2 Å². The SMILES string of the molecule is CC(C)CCN(c1ccc(/C(N)=N/O)cc1F)C1CC1. The monoisotopic (exact) mass is 279 g/mol. The van der Waals surface area contributed by atoms with Crippen LogP contribution >= 0.6 is 0 Å². The third kappa shape index (κ3) is 3.40. The second-order valence-electron chi connectivity index (χ2n) is 5.76. The summed E-state index contributed by atoms with van der Waals surface area (Å²) >= 11 is 0. The molecule has 3 N–H and O–H groups in total. The Hall–Kier alpha value is -1.78. The summed E-state index contributed by atoms with van der Waals surface area (Å²) in [7, 11) is 0. The zero-order chi connectivity index (χ0) is 14.7. The molecule has 1 aromatic carbocycles. The summed E-state index contributed by atoms with van der Waals surface area (Å²) < 4.78 is 14.3. The molecule has 0 unspecified atom stereocenters. The van der Waals surface area contributed by atoms with Crippen molar-refractivity contribution < 1.29 is 9.60 Å². The van der Waals surface area contributed by atoms with Gasteiger partial charge in [-0.2, -0.15) is 0 Å². The van der Waals surface area contributed by atoms with Crippen LogP contribution in [-0.2, 0) is 0 Å². The molecular weight excluding hydrogens is 257 g/mol. The number of hydrogen-bond donors (Lipinski definition) is 2. The van der Waals surface area contributed by atoms with Gasteiger partial charge in [0.05, 0.1) is 5.69 Å². The van der Waals surface area contributed by atoms with Gasteiger partial charge in [0, 0.05) is 18.2 Å². The van der Waals surface area contributed by atoms with Crippen molar-refractivity contribution in [3.05, 3.63) is 29.6 Å². The number of oxime groups is 1. The standard InChI is InChI=1S/C15H22FN3O/c1-10(2)7-8-19(12-4-5-12)14-6-3-11(9-13(14)16)15(17)18-20/h3,6,9-10,12,20H,4-5,7-8H2,1-2H3,(H2,17,18). The number of benzene rings is 1. The van der Waals surface area contributed by atoms with E-state index in [0.717, 1.165) is 25.8 Å². The first-order valence-corrected chi connectivity index (χ1v) is 7.07. The van der Waals surface area contributed by atoms with Gasteiger partial charge in [0.15, 0.2) is 5.84 Å². The van der Waals surface area contributed by atoms with Crippen LogP contribution < -0.4 is 10.6 Å². The minimum atomic E-state index is -0.315. The van der Waals surface area contributed by atoms with Gasteiger partial charge in [0.1, 0.15) is 5.82 Å². The molecule has 1 aromatic rings. The molecule has 1 aliphatic rings. The summed E-state index contributed by atoms with van der Waals surface area (Å²) in [6.45, 7) is 5.20. The Labute approximate surface area is 119 Å². The molecule has 0 bridgehead atoms. The van der Waals surface area contributed by atoms with Crippen LogP contribution in [0.3, 0.4) is 0 Å². The van der Waals surface area contributed by atoms with E-state index in [1.807, 2.05) is 0 Å². The topological polar surface area (TPSA) is 61.8 Å². The van der Waals surface area contributed by atoms with E-state index >= 15 is 0 Å². The fraction of sp³-hybridized carbons (Fsp3) is 0.533. The van der Waals surface area contributed by atoms with Crippen LogP contribution in [0.25, 0.3) is 0 Å². The van der Waals surface area contributed by atoms with E-state index in [4.69, 9.17) is 10.9 Å². The van der Waals surface area contributed by atoms with Crippen molar-refractivity contribution in [2.75, 3.05) is 11.4 Å². The number of anilines is 1. The highest BCUT2D eigenvalue weighted by Gasteiger charge is 2.30. The van der Waals surface area contributed by atoms with Crippen molar-refractivity contribution in [1.82, 2.24) is 0 Å². The van der Waals surface area contributed by atoms with Gasteiger partial charge in [-0.1, -0.05) is 19.0 Å². The Morgan fingerprint density at radius 2 is 2.20 bits per heavy atom. The third-order valence-electron chi connectivity index (χ3n) is 3.60. The van der Waals surface area contributed by atoms with Crippen LogP contribution in [0.5, 0.6) is 0 Å². The molecule has 0 aliphatic heterocycles. The molecule has 5 heteroatoms. The Bertz CT molecular complexity index is 498. The lowest BCUT2D eigenvalue weighted by Crippen LogP contribution is -2.28. The highest BCUT2D eigenvalue weighted by Crippen LogP contribution is 2.33. The molecule has 0 atom stereocenters. The molecule has 0 saturated heterocycles. The number of nitrogens with two attached hydrogens (primary N) is 1. The van der Waals surface area contributed by atoms with Gasteiger partial charge < -0.3 is 15.8 Å². The van der Waals surface area contributed by atoms with Gasteiger partial charge in [0.25, 0.3) is 0 Å². The molecule has 0 aromatic heterocycles. The van der Waals surface area contributed by atoms with Crippen LogP contribution in [0.2, 0.25) is 0 Å². The number of rotatable bonds is 6. The normalized spacial score (nSPS) is 15.7. The van der Waals surface area contributed by atoms with Crippen molar-refractivity contribution in [3.63, 3.8) is 0 Å². The molecule has 1 aliphatic carbocycles. The molecule has 2 rings (SSSR count). The summed E-state index contributed by atoms with van der Waals surface area (Å²) in [5.74, 6) is 0.205. The average Bonchev–Trinajstić information content (AvgIpc) is 3.23. The quantitative estimate of drug-likeness (QED) is 0.364. The highest BCUT2D eigenvalue weighted by molar-refractivity contribution is 5.97. The molecule has 1 fully saturated rings. The predicted molar refractivity (Wildman–Crippen MR) is 78.7 cm³/mol. The summed E-state index contributed by atoms with van der Waals surface area (Å²) in [4.78, 5) is 2.14. The van der Waals surface area contributed by atoms with Crippen molar-refractivity contribution in [2.24, 2.45) is 16.8 Å². The maximum absolute atomic E-state index is 14.3. The zero-order valence-electron chi connectivity index (χ0n) is 12.0. The summed E-state index contributed by atoms with van der Waals surface area (Å²) in [6.07, 6.45) is 3.29. The lowest BCUT2D eigenvalue weighted by molar-refractivity contribution is 0.318. The molecule has 0 spiro atoms. The fourth-order valence-electron chi connectivity index (χ4n) is 2.24. The number of nitrogens with zero attached hydrogens (tertiary/aromatic N) is 2. The second kappa shape index (κ2) is 6.11. The summed E-state index contributed by atoms with van der Waals surface area (Å²) in [5, 5.41) is 11.5. The molecule has 110 valence electrons.